The number of benzene rings is 2. The van der Waals surface area contributed by atoms with E-state index in [9.17, 15) is 9.59 Å². The molecule has 0 radical (unpaired) electrons. The van der Waals surface area contributed by atoms with Gasteiger partial charge in [0.1, 0.15) is 5.75 Å². The lowest BCUT2D eigenvalue weighted by atomic mass is 10.1. The average molecular weight is 285 g/mol. The van der Waals surface area contributed by atoms with Crippen molar-refractivity contribution in [3.63, 3.8) is 0 Å². The van der Waals surface area contributed by atoms with Gasteiger partial charge in [0.15, 0.2) is 0 Å². The van der Waals surface area contributed by atoms with Gasteiger partial charge in [-0.25, -0.2) is 4.79 Å². The van der Waals surface area contributed by atoms with Crippen molar-refractivity contribution in [1.29, 1.82) is 0 Å². The van der Waals surface area contributed by atoms with Crippen LogP contribution in [0.25, 0.3) is 0 Å². The molecule has 108 valence electrons. The summed E-state index contributed by atoms with van der Waals surface area (Å²) in [6.45, 7) is 0. The quantitative estimate of drug-likeness (QED) is 0.877. The zero-order valence-corrected chi connectivity index (χ0v) is 11.8. The third kappa shape index (κ3) is 3.20. The van der Waals surface area contributed by atoms with Crippen LogP contribution in [0.3, 0.4) is 0 Å². The molecule has 0 saturated heterocycles. The van der Waals surface area contributed by atoms with Gasteiger partial charge in [-0.05, 0) is 24.3 Å². The second-order valence-electron chi connectivity index (χ2n) is 4.19. The van der Waals surface area contributed by atoms with Crippen LogP contribution in [0.15, 0.2) is 48.5 Å². The van der Waals surface area contributed by atoms with E-state index in [1.165, 1.54) is 14.2 Å². The molecule has 0 atom stereocenters. The molecule has 1 N–H and O–H groups in total. The van der Waals surface area contributed by atoms with Crippen molar-refractivity contribution < 1.29 is 19.1 Å². The Bertz CT molecular complexity index is 667. The van der Waals surface area contributed by atoms with Crippen molar-refractivity contribution in [3.05, 3.63) is 59.7 Å². The maximum Gasteiger partial charge on any atom is 0.338 e. The van der Waals surface area contributed by atoms with Gasteiger partial charge in [0.05, 0.1) is 31.0 Å². The Kier molecular flexibility index (Phi) is 4.56. The molecule has 5 heteroatoms. The number of methoxy groups -OCH3 is 2. The Labute approximate surface area is 122 Å². The van der Waals surface area contributed by atoms with Crippen LogP contribution >= 0.6 is 0 Å². The van der Waals surface area contributed by atoms with E-state index in [1.54, 1.807) is 48.5 Å². The lowest BCUT2D eigenvalue weighted by molar-refractivity contribution is 0.0597. The van der Waals surface area contributed by atoms with Gasteiger partial charge in [-0.2, -0.15) is 0 Å². The zero-order valence-electron chi connectivity index (χ0n) is 11.8. The Morgan fingerprint density at radius 2 is 1.52 bits per heavy atom. The first-order valence-electron chi connectivity index (χ1n) is 6.29. The number of amides is 1. The summed E-state index contributed by atoms with van der Waals surface area (Å²) in [5, 5.41) is 2.73. The fourth-order valence-electron chi connectivity index (χ4n) is 1.91. The summed E-state index contributed by atoms with van der Waals surface area (Å²) in [6, 6.07) is 13.5. The number of hydrogen-bond acceptors (Lipinski definition) is 4. The summed E-state index contributed by atoms with van der Waals surface area (Å²) in [6.07, 6.45) is 0. The van der Waals surface area contributed by atoms with E-state index in [4.69, 9.17) is 4.74 Å². The van der Waals surface area contributed by atoms with Gasteiger partial charge >= 0.3 is 5.97 Å². The molecule has 1 amide bonds. The summed E-state index contributed by atoms with van der Waals surface area (Å²) in [4.78, 5) is 24.0. The number of para-hydroxylation sites is 2. The third-order valence-electron chi connectivity index (χ3n) is 2.93. The smallest absolute Gasteiger partial charge is 0.338 e. The summed E-state index contributed by atoms with van der Waals surface area (Å²) in [5.74, 6) is -0.414. The SMILES string of the molecule is COC(=O)c1ccccc1C(=O)Nc1ccccc1OC. The van der Waals surface area contributed by atoms with Crippen LogP contribution in [0.4, 0.5) is 5.69 Å². The number of esters is 1. The van der Waals surface area contributed by atoms with Crippen LogP contribution in [-0.4, -0.2) is 26.1 Å². The van der Waals surface area contributed by atoms with Gasteiger partial charge in [0, 0.05) is 0 Å². The number of rotatable bonds is 4. The minimum Gasteiger partial charge on any atom is -0.495 e. The normalized spacial score (nSPS) is 9.81. The Balaban J connectivity index is 2.31. The molecule has 0 fully saturated rings. The van der Waals surface area contributed by atoms with Crippen LogP contribution in [0.2, 0.25) is 0 Å². The van der Waals surface area contributed by atoms with Crippen LogP contribution in [0.5, 0.6) is 5.75 Å². The summed E-state index contributed by atoms with van der Waals surface area (Å²) >= 11 is 0. The molecular weight excluding hydrogens is 270 g/mol. The molecule has 2 aromatic rings. The van der Waals surface area contributed by atoms with Gasteiger partial charge < -0.3 is 14.8 Å². The predicted octanol–water partition coefficient (Wildman–Crippen LogP) is 2.73. The molecule has 21 heavy (non-hydrogen) atoms. The summed E-state index contributed by atoms with van der Waals surface area (Å²) in [5.41, 5.74) is 0.993. The lowest BCUT2D eigenvalue weighted by Crippen LogP contribution is -2.17. The van der Waals surface area contributed by atoms with E-state index in [2.05, 4.69) is 10.1 Å². The van der Waals surface area contributed by atoms with Crippen LogP contribution in [0, 0.1) is 0 Å². The Hall–Kier alpha value is -2.82. The first-order valence-corrected chi connectivity index (χ1v) is 6.29. The van der Waals surface area contributed by atoms with E-state index in [0.29, 0.717) is 11.4 Å². The third-order valence-corrected chi connectivity index (χ3v) is 2.93. The first kappa shape index (κ1) is 14.6. The van der Waals surface area contributed by atoms with Crippen molar-refractivity contribution in [2.75, 3.05) is 19.5 Å². The number of nitrogens with one attached hydrogen (secondary N) is 1. The second-order valence-corrected chi connectivity index (χ2v) is 4.19. The number of carbonyl (C=O) groups excluding carboxylic acids is 2. The summed E-state index contributed by atoms with van der Waals surface area (Å²) in [7, 11) is 2.80. The zero-order chi connectivity index (χ0) is 15.2. The molecule has 0 saturated carbocycles. The van der Waals surface area contributed by atoms with E-state index in [-0.39, 0.29) is 11.1 Å². The van der Waals surface area contributed by atoms with Gasteiger partial charge in [-0.15, -0.1) is 0 Å². The highest BCUT2D eigenvalue weighted by atomic mass is 16.5. The molecule has 5 nitrogen and oxygen atoms in total. The van der Waals surface area contributed by atoms with Crippen LogP contribution < -0.4 is 10.1 Å². The Morgan fingerprint density at radius 1 is 0.905 bits per heavy atom. The molecule has 0 aliphatic rings. The van der Waals surface area contributed by atoms with Gasteiger partial charge in [0.25, 0.3) is 5.91 Å². The standard InChI is InChI=1S/C16H15NO4/c1-20-14-10-6-5-9-13(14)17-15(18)11-7-3-4-8-12(11)16(19)21-2/h3-10H,1-2H3,(H,17,18). The molecule has 2 aromatic carbocycles. The summed E-state index contributed by atoms with van der Waals surface area (Å²) < 4.78 is 9.85. The number of ether oxygens (including phenoxy) is 2. The van der Waals surface area contributed by atoms with Crippen molar-refractivity contribution in [1.82, 2.24) is 0 Å². The fourth-order valence-corrected chi connectivity index (χ4v) is 1.91. The molecule has 2 rings (SSSR count). The minimum atomic E-state index is -0.555. The molecule has 0 spiro atoms. The lowest BCUT2D eigenvalue weighted by Gasteiger charge is -2.11. The highest BCUT2D eigenvalue weighted by Crippen LogP contribution is 2.24. The van der Waals surface area contributed by atoms with Crippen molar-refractivity contribution in [3.8, 4) is 5.75 Å². The maximum atomic E-state index is 12.3. The molecule has 0 bridgehead atoms. The average Bonchev–Trinajstić information content (AvgIpc) is 2.54. The van der Waals surface area contributed by atoms with Gasteiger partial charge in [-0.3, -0.25) is 4.79 Å². The van der Waals surface area contributed by atoms with E-state index < -0.39 is 11.9 Å². The fraction of sp³-hybridized carbons (Fsp3) is 0.125. The largest absolute Gasteiger partial charge is 0.495 e. The minimum absolute atomic E-state index is 0.215. The Morgan fingerprint density at radius 3 is 2.19 bits per heavy atom. The molecular formula is C16H15NO4. The first-order chi connectivity index (χ1) is 10.2. The van der Waals surface area contributed by atoms with Crippen molar-refractivity contribution in [2.24, 2.45) is 0 Å². The predicted molar refractivity (Wildman–Crippen MR) is 78.7 cm³/mol. The second kappa shape index (κ2) is 6.56. The maximum absolute atomic E-state index is 12.3. The van der Waals surface area contributed by atoms with Gasteiger partial charge in [0.2, 0.25) is 0 Å². The van der Waals surface area contributed by atoms with Crippen molar-refractivity contribution >= 4 is 17.6 Å². The number of carbonyl (C=O) groups is 2. The van der Waals surface area contributed by atoms with Gasteiger partial charge in [-0.1, -0.05) is 24.3 Å². The highest BCUT2D eigenvalue weighted by molar-refractivity contribution is 6.11. The number of hydrogen-bond donors (Lipinski definition) is 1. The van der Waals surface area contributed by atoms with E-state index in [0.717, 1.165) is 0 Å². The number of anilines is 1. The van der Waals surface area contributed by atoms with E-state index >= 15 is 0 Å². The monoisotopic (exact) mass is 285 g/mol. The van der Waals surface area contributed by atoms with Crippen molar-refractivity contribution in [2.45, 2.75) is 0 Å². The molecule has 0 unspecified atom stereocenters. The molecule has 0 aliphatic carbocycles. The molecule has 0 aromatic heterocycles. The highest BCUT2D eigenvalue weighted by Gasteiger charge is 2.17. The topological polar surface area (TPSA) is 64.6 Å². The van der Waals surface area contributed by atoms with E-state index in [1.807, 2.05) is 0 Å². The van der Waals surface area contributed by atoms with Crippen LogP contribution in [-0.2, 0) is 4.74 Å². The molecule has 0 heterocycles. The van der Waals surface area contributed by atoms with Crippen LogP contribution in [0.1, 0.15) is 20.7 Å². The molecule has 0 aliphatic heterocycles.